The highest BCUT2D eigenvalue weighted by Gasteiger charge is 2.16. The Labute approximate surface area is 217 Å². The molecule has 35 heavy (non-hydrogen) atoms. The van der Waals surface area contributed by atoms with Gasteiger partial charge < -0.3 is 30.5 Å². The highest BCUT2D eigenvalue weighted by atomic mass is 35.5. The third-order valence-corrected chi connectivity index (χ3v) is 5.86. The number of aromatic nitrogens is 3. The Hall–Kier alpha value is -3.51. The third kappa shape index (κ3) is 5.95. The summed E-state index contributed by atoms with van der Waals surface area (Å²) in [6, 6.07) is 27.4. The van der Waals surface area contributed by atoms with Gasteiger partial charge in [-0.2, -0.15) is 0 Å². The number of hydrogen-bond donors (Lipinski definition) is 2. The number of rotatable bonds is 7. The Bertz CT molecular complexity index is 1360. The van der Waals surface area contributed by atoms with Gasteiger partial charge in [0.05, 0.1) is 35.9 Å². The summed E-state index contributed by atoms with van der Waals surface area (Å²) >= 11 is 0. The van der Waals surface area contributed by atoms with Crippen molar-refractivity contribution < 1.29 is 35.5 Å². The number of halogens is 2. The number of hydrogen-bond acceptors (Lipinski definition) is 3. The number of benzene rings is 2. The number of nitrogens with zero attached hydrogens (tertiary/aromatic N) is 2. The van der Waals surface area contributed by atoms with E-state index >= 15 is 0 Å². The van der Waals surface area contributed by atoms with Crippen molar-refractivity contribution in [2.75, 3.05) is 11.9 Å². The van der Waals surface area contributed by atoms with Crippen LogP contribution in [0.1, 0.15) is 11.1 Å². The van der Waals surface area contributed by atoms with E-state index in [-0.39, 0.29) is 24.8 Å². The molecule has 0 amide bonds. The SMILES string of the molecule is [Cl-].[Cl-].[NH3+]Cc1ccc(-c2nc3cc[nH+]c(NCCc4ccncc4)c3cc2-c2ccccc2)cc1. The number of aromatic amines is 1. The molecule has 5 nitrogen and oxygen atoms in total. The second kappa shape index (κ2) is 12.3. The van der Waals surface area contributed by atoms with E-state index < -0.39 is 0 Å². The highest BCUT2D eigenvalue weighted by molar-refractivity contribution is 5.95. The fraction of sp³-hybridized carbons (Fsp3) is 0.107. The van der Waals surface area contributed by atoms with E-state index in [4.69, 9.17) is 4.98 Å². The molecule has 0 radical (unpaired) electrons. The molecular weight excluding hydrogens is 477 g/mol. The van der Waals surface area contributed by atoms with Crippen molar-refractivity contribution in [2.45, 2.75) is 13.0 Å². The van der Waals surface area contributed by atoms with Gasteiger partial charge in [-0.3, -0.25) is 10.3 Å². The second-order valence-corrected chi connectivity index (χ2v) is 8.02. The molecule has 0 aliphatic heterocycles. The highest BCUT2D eigenvalue weighted by Crippen LogP contribution is 2.34. The van der Waals surface area contributed by atoms with E-state index in [1.165, 1.54) is 11.1 Å². The van der Waals surface area contributed by atoms with Gasteiger partial charge in [0.1, 0.15) is 0 Å². The Kier molecular flexibility index (Phi) is 9.15. The molecule has 7 heteroatoms. The lowest BCUT2D eigenvalue weighted by atomic mass is 9.97. The van der Waals surface area contributed by atoms with E-state index in [9.17, 15) is 0 Å². The number of fused-ring (bicyclic) bond motifs is 1. The molecule has 0 bridgehead atoms. The maximum absolute atomic E-state index is 5.12. The average Bonchev–Trinajstić information content (AvgIpc) is 2.89. The predicted octanol–water partition coefficient (Wildman–Crippen LogP) is -1.82. The van der Waals surface area contributed by atoms with Gasteiger partial charge in [-0.25, -0.2) is 9.97 Å². The van der Waals surface area contributed by atoms with Gasteiger partial charge in [-0.1, -0.05) is 54.6 Å². The first kappa shape index (κ1) is 26.1. The first-order valence-electron chi connectivity index (χ1n) is 11.2. The summed E-state index contributed by atoms with van der Waals surface area (Å²) in [6.45, 7) is 1.59. The van der Waals surface area contributed by atoms with Gasteiger partial charge in [0, 0.05) is 41.6 Å². The van der Waals surface area contributed by atoms with Gasteiger partial charge in [0.15, 0.2) is 0 Å². The monoisotopic (exact) mass is 503 g/mol. The molecule has 5 rings (SSSR count). The van der Waals surface area contributed by atoms with Crippen molar-refractivity contribution in [3.05, 3.63) is 109 Å². The molecule has 0 spiro atoms. The average molecular weight is 504 g/mol. The van der Waals surface area contributed by atoms with E-state index in [2.05, 4.69) is 87.7 Å². The number of nitrogens with one attached hydrogen (secondary N) is 2. The van der Waals surface area contributed by atoms with Crippen molar-refractivity contribution in [2.24, 2.45) is 0 Å². The van der Waals surface area contributed by atoms with E-state index in [1.807, 2.05) is 30.7 Å². The number of anilines is 1. The second-order valence-electron chi connectivity index (χ2n) is 8.02. The molecule has 0 aliphatic carbocycles. The maximum atomic E-state index is 5.12. The summed E-state index contributed by atoms with van der Waals surface area (Å²) in [4.78, 5) is 12.6. The molecule has 3 heterocycles. The fourth-order valence-corrected chi connectivity index (χ4v) is 4.05. The molecule has 2 aromatic carbocycles. The number of quaternary nitrogens is 1. The molecule has 0 saturated carbocycles. The molecule has 3 aromatic heterocycles. The zero-order valence-electron chi connectivity index (χ0n) is 19.2. The van der Waals surface area contributed by atoms with Crippen LogP contribution in [0.25, 0.3) is 33.3 Å². The minimum Gasteiger partial charge on any atom is -1.00 e. The van der Waals surface area contributed by atoms with Gasteiger partial charge in [0.25, 0.3) is 5.82 Å². The number of pyridine rings is 3. The molecular formula is C28H27Cl2N5. The zero-order chi connectivity index (χ0) is 22.5. The molecule has 0 atom stereocenters. The summed E-state index contributed by atoms with van der Waals surface area (Å²) in [5.74, 6) is 0.977. The molecule has 0 fully saturated rings. The minimum atomic E-state index is 0. The summed E-state index contributed by atoms with van der Waals surface area (Å²) in [7, 11) is 0. The van der Waals surface area contributed by atoms with Crippen LogP contribution < -0.4 is 40.8 Å². The van der Waals surface area contributed by atoms with Gasteiger partial charge in [0.2, 0.25) is 0 Å². The standard InChI is InChI=1S/C28H25N5.2ClH/c29-19-21-6-8-23(9-7-21)27-24(22-4-2-1-3-5-22)18-25-26(33-27)13-17-32-28(25)31-16-12-20-10-14-30-15-11-20;;/h1-11,13-15,17-18H,12,16,19,29H2,(H,31,32);2*1H. The number of H-pyrrole nitrogens is 1. The fourth-order valence-electron chi connectivity index (χ4n) is 4.05. The van der Waals surface area contributed by atoms with Crippen LogP contribution in [0.4, 0.5) is 5.82 Å². The topological polar surface area (TPSA) is 79.6 Å². The Morgan fingerprint density at radius 2 is 1.54 bits per heavy atom. The van der Waals surface area contributed by atoms with E-state index in [0.717, 1.165) is 58.6 Å². The van der Waals surface area contributed by atoms with Crippen LogP contribution in [-0.4, -0.2) is 16.5 Å². The predicted molar refractivity (Wildman–Crippen MR) is 132 cm³/mol. The quantitative estimate of drug-likeness (QED) is 0.274. The lowest BCUT2D eigenvalue weighted by molar-refractivity contribution is -0.386. The van der Waals surface area contributed by atoms with Crippen molar-refractivity contribution in [3.8, 4) is 22.4 Å². The summed E-state index contributed by atoms with van der Waals surface area (Å²) < 4.78 is 0. The Morgan fingerprint density at radius 3 is 2.26 bits per heavy atom. The smallest absolute Gasteiger partial charge is 0.281 e. The van der Waals surface area contributed by atoms with Crippen molar-refractivity contribution in [1.29, 1.82) is 0 Å². The maximum Gasteiger partial charge on any atom is 0.281 e. The lowest BCUT2D eigenvalue weighted by Crippen LogP contribution is -3.00. The van der Waals surface area contributed by atoms with Crippen LogP contribution in [0.3, 0.4) is 0 Å². The van der Waals surface area contributed by atoms with Crippen LogP contribution in [0.2, 0.25) is 0 Å². The van der Waals surface area contributed by atoms with Crippen molar-refractivity contribution in [3.63, 3.8) is 0 Å². The Morgan fingerprint density at radius 1 is 0.800 bits per heavy atom. The van der Waals surface area contributed by atoms with Crippen LogP contribution in [0.15, 0.2) is 97.5 Å². The zero-order valence-corrected chi connectivity index (χ0v) is 20.7. The van der Waals surface area contributed by atoms with E-state index in [1.54, 1.807) is 0 Å². The van der Waals surface area contributed by atoms with Crippen LogP contribution in [0, 0.1) is 0 Å². The first-order valence-corrected chi connectivity index (χ1v) is 11.2. The Balaban J connectivity index is 0.00000171. The summed E-state index contributed by atoms with van der Waals surface area (Å²) in [5, 5.41) is 4.64. The molecule has 5 N–H and O–H groups in total. The molecule has 0 unspecified atom stereocenters. The summed E-state index contributed by atoms with van der Waals surface area (Å²) in [6.07, 6.45) is 6.53. The van der Waals surface area contributed by atoms with Crippen molar-refractivity contribution >= 4 is 16.7 Å². The minimum absolute atomic E-state index is 0. The van der Waals surface area contributed by atoms with Gasteiger partial charge >= 0.3 is 0 Å². The summed E-state index contributed by atoms with van der Waals surface area (Å²) in [5.41, 5.74) is 11.8. The lowest BCUT2D eigenvalue weighted by Gasteiger charge is -2.12. The molecule has 5 aromatic rings. The van der Waals surface area contributed by atoms with Gasteiger partial charge in [-0.15, -0.1) is 0 Å². The largest absolute Gasteiger partial charge is 1.00 e. The third-order valence-electron chi connectivity index (χ3n) is 5.86. The van der Waals surface area contributed by atoms with Crippen LogP contribution >= 0.6 is 0 Å². The van der Waals surface area contributed by atoms with Gasteiger partial charge in [-0.05, 0) is 29.3 Å². The van der Waals surface area contributed by atoms with Crippen LogP contribution in [-0.2, 0) is 13.0 Å². The van der Waals surface area contributed by atoms with Crippen molar-refractivity contribution in [1.82, 2.24) is 9.97 Å². The normalized spacial score (nSPS) is 10.3. The molecule has 0 saturated heterocycles. The molecule has 178 valence electrons. The molecule has 0 aliphatic rings. The van der Waals surface area contributed by atoms with E-state index in [0.29, 0.717) is 0 Å². The van der Waals surface area contributed by atoms with Crippen LogP contribution in [0.5, 0.6) is 0 Å². The first-order chi connectivity index (χ1) is 16.3.